The molecule has 0 N–H and O–H groups in total. The van der Waals surface area contributed by atoms with Gasteiger partial charge in [0.05, 0.1) is 0 Å². The molecule has 1 amide bonds. The third-order valence-corrected chi connectivity index (χ3v) is 5.80. The van der Waals surface area contributed by atoms with Gasteiger partial charge in [0.2, 0.25) is 5.91 Å². The molecule has 1 aromatic rings. The number of aryl methyl sites for hydroxylation is 1. The third-order valence-electron chi connectivity index (χ3n) is 5.80. The summed E-state index contributed by atoms with van der Waals surface area (Å²) in [5, 5.41) is 0. The summed E-state index contributed by atoms with van der Waals surface area (Å²) in [6.07, 6.45) is 13.4. The summed E-state index contributed by atoms with van der Waals surface area (Å²) in [6, 6.07) is 0. The zero-order valence-electron chi connectivity index (χ0n) is 16.0. The third kappa shape index (κ3) is 4.84. The molecule has 2 heterocycles. The lowest BCUT2D eigenvalue weighted by molar-refractivity contribution is -0.137. The molecule has 0 spiro atoms. The number of rotatable bonds is 6. The van der Waals surface area contributed by atoms with Crippen molar-refractivity contribution in [2.75, 3.05) is 33.7 Å². The number of carbonyl (C=O) groups excluding carboxylic acids is 1. The van der Waals surface area contributed by atoms with Crippen molar-refractivity contribution in [3.05, 3.63) is 18.2 Å². The number of amides is 1. The van der Waals surface area contributed by atoms with Crippen LogP contribution in [0.25, 0.3) is 0 Å². The van der Waals surface area contributed by atoms with Crippen LogP contribution in [-0.4, -0.2) is 59.0 Å². The predicted octanol–water partition coefficient (Wildman–Crippen LogP) is 3.12. The van der Waals surface area contributed by atoms with Crippen molar-refractivity contribution in [1.29, 1.82) is 0 Å². The van der Waals surface area contributed by atoms with Crippen molar-refractivity contribution in [1.82, 2.24) is 19.4 Å². The van der Waals surface area contributed by atoms with Gasteiger partial charge in [0, 0.05) is 43.9 Å². The van der Waals surface area contributed by atoms with Gasteiger partial charge in [-0.2, -0.15) is 0 Å². The molecule has 5 nitrogen and oxygen atoms in total. The van der Waals surface area contributed by atoms with E-state index in [9.17, 15) is 4.79 Å². The first-order chi connectivity index (χ1) is 12.1. The monoisotopic (exact) mass is 346 g/mol. The number of likely N-dealkylation sites (tertiary alicyclic amines) is 1. The Kier molecular flexibility index (Phi) is 6.51. The van der Waals surface area contributed by atoms with Crippen LogP contribution in [-0.2, 0) is 11.3 Å². The van der Waals surface area contributed by atoms with Crippen LogP contribution >= 0.6 is 0 Å². The number of piperidine rings is 1. The van der Waals surface area contributed by atoms with E-state index < -0.39 is 0 Å². The molecule has 1 saturated heterocycles. The average molecular weight is 347 g/mol. The van der Waals surface area contributed by atoms with Crippen molar-refractivity contribution in [3.63, 3.8) is 0 Å². The van der Waals surface area contributed by atoms with E-state index >= 15 is 0 Å². The Bertz CT molecular complexity index is 548. The van der Waals surface area contributed by atoms with E-state index in [2.05, 4.69) is 39.6 Å². The van der Waals surface area contributed by atoms with Gasteiger partial charge in [0.25, 0.3) is 0 Å². The smallest absolute Gasteiger partial charge is 0.225 e. The van der Waals surface area contributed by atoms with Gasteiger partial charge in [-0.25, -0.2) is 4.98 Å². The van der Waals surface area contributed by atoms with Crippen molar-refractivity contribution in [2.24, 2.45) is 5.92 Å². The maximum atomic E-state index is 12.9. The van der Waals surface area contributed by atoms with E-state index in [0.29, 0.717) is 11.8 Å². The molecule has 1 aromatic heterocycles. The van der Waals surface area contributed by atoms with Crippen LogP contribution < -0.4 is 0 Å². The highest BCUT2D eigenvalue weighted by molar-refractivity contribution is 5.79. The summed E-state index contributed by atoms with van der Waals surface area (Å²) < 4.78 is 2.31. The molecule has 1 aliphatic carbocycles. The zero-order valence-corrected chi connectivity index (χ0v) is 16.0. The molecule has 0 bridgehead atoms. The molecule has 3 rings (SSSR count). The quantitative estimate of drug-likeness (QED) is 0.795. The van der Waals surface area contributed by atoms with Gasteiger partial charge in [-0.15, -0.1) is 0 Å². The second-order valence-electron chi connectivity index (χ2n) is 8.09. The molecular weight excluding hydrogens is 312 g/mol. The average Bonchev–Trinajstić information content (AvgIpc) is 3.10. The van der Waals surface area contributed by atoms with Gasteiger partial charge in [0.1, 0.15) is 5.82 Å². The molecule has 1 unspecified atom stereocenters. The highest BCUT2D eigenvalue weighted by Crippen LogP contribution is 2.30. The predicted molar refractivity (Wildman–Crippen MR) is 101 cm³/mol. The molecule has 2 fully saturated rings. The van der Waals surface area contributed by atoms with Crippen LogP contribution in [0.15, 0.2) is 12.4 Å². The minimum Gasteiger partial charge on any atom is -0.342 e. The minimum absolute atomic E-state index is 0.285. The molecule has 25 heavy (non-hydrogen) atoms. The van der Waals surface area contributed by atoms with Gasteiger partial charge in [-0.05, 0) is 52.7 Å². The normalized spacial score (nSPS) is 22.5. The number of hydrogen-bond acceptors (Lipinski definition) is 3. The van der Waals surface area contributed by atoms with Crippen molar-refractivity contribution in [3.8, 4) is 0 Å². The Balaban J connectivity index is 1.59. The lowest BCUT2D eigenvalue weighted by atomic mass is 9.87. The van der Waals surface area contributed by atoms with Crippen molar-refractivity contribution >= 4 is 5.91 Å². The van der Waals surface area contributed by atoms with E-state index in [4.69, 9.17) is 0 Å². The van der Waals surface area contributed by atoms with Gasteiger partial charge in [-0.3, -0.25) is 4.79 Å². The van der Waals surface area contributed by atoms with E-state index in [1.807, 2.05) is 6.20 Å². The lowest BCUT2D eigenvalue weighted by Crippen LogP contribution is -2.43. The van der Waals surface area contributed by atoms with E-state index in [0.717, 1.165) is 58.3 Å². The highest BCUT2D eigenvalue weighted by atomic mass is 16.2. The van der Waals surface area contributed by atoms with Crippen LogP contribution in [0.1, 0.15) is 63.1 Å². The second kappa shape index (κ2) is 8.84. The first kappa shape index (κ1) is 18.4. The van der Waals surface area contributed by atoms with Crippen molar-refractivity contribution < 1.29 is 4.79 Å². The fourth-order valence-corrected chi connectivity index (χ4v) is 4.42. The molecule has 2 aliphatic rings. The zero-order chi connectivity index (χ0) is 17.6. The molecule has 0 radical (unpaired) electrons. The highest BCUT2D eigenvalue weighted by Gasteiger charge is 2.31. The SMILES string of the molecule is CN(C)CCCn1ccnc1C1CCCN(C(=O)C2CCCCC2)C1. The Morgan fingerprint density at radius 1 is 1.20 bits per heavy atom. The molecule has 1 aliphatic heterocycles. The van der Waals surface area contributed by atoms with Gasteiger partial charge >= 0.3 is 0 Å². The Morgan fingerprint density at radius 3 is 2.76 bits per heavy atom. The fourth-order valence-electron chi connectivity index (χ4n) is 4.42. The molecule has 5 heteroatoms. The second-order valence-corrected chi connectivity index (χ2v) is 8.09. The standard InChI is InChI=1S/C20H34N4O/c1-22(2)12-7-14-23-15-11-21-19(23)18-10-6-13-24(16-18)20(25)17-8-4-3-5-9-17/h11,15,17-18H,3-10,12-14,16H2,1-2H3. The first-order valence-corrected chi connectivity index (χ1v) is 10.1. The summed E-state index contributed by atoms with van der Waals surface area (Å²) >= 11 is 0. The van der Waals surface area contributed by atoms with Crippen LogP contribution in [0.4, 0.5) is 0 Å². The lowest BCUT2D eigenvalue weighted by Gasteiger charge is -2.35. The Morgan fingerprint density at radius 2 is 2.00 bits per heavy atom. The molecule has 1 atom stereocenters. The summed E-state index contributed by atoms with van der Waals surface area (Å²) in [4.78, 5) is 21.9. The van der Waals surface area contributed by atoms with E-state index in [1.54, 1.807) is 0 Å². The Hall–Kier alpha value is -1.36. The fraction of sp³-hybridized carbons (Fsp3) is 0.800. The maximum Gasteiger partial charge on any atom is 0.225 e. The summed E-state index contributed by atoms with van der Waals surface area (Å²) in [6.45, 7) is 3.91. The van der Waals surface area contributed by atoms with Crippen LogP contribution in [0.2, 0.25) is 0 Å². The van der Waals surface area contributed by atoms with Gasteiger partial charge in [0.15, 0.2) is 0 Å². The number of aromatic nitrogens is 2. The number of nitrogens with zero attached hydrogens (tertiary/aromatic N) is 4. The molecule has 140 valence electrons. The van der Waals surface area contributed by atoms with Crippen LogP contribution in [0.3, 0.4) is 0 Å². The number of hydrogen-bond donors (Lipinski definition) is 0. The number of imidazole rings is 1. The van der Waals surface area contributed by atoms with E-state index in [1.165, 1.54) is 25.1 Å². The van der Waals surface area contributed by atoms with Gasteiger partial charge < -0.3 is 14.4 Å². The van der Waals surface area contributed by atoms with E-state index in [-0.39, 0.29) is 5.92 Å². The molecular formula is C20H34N4O. The maximum absolute atomic E-state index is 12.9. The summed E-state index contributed by atoms with van der Waals surface area (Å²) in [5.74, 6) is 2.28. The Labute approximate surface area is 152 Å². The topological polar surface area (TPSA) is 41.4 Å². The van der Waals surface area contributed by atoms with Gasteiger partial charge in [-0.1, -0.05) is 19.3 Å². The molecule has 1 saturated carbocycles. The number of carbonyl (C=O) groups is 1. The minimum atomic E-state index is 0.285. The largest absolute Gasteiger partial charge is 0.342 e. The first-order valence-electron chi connectivity index (χ1n) is 10.1. The summed E-state index contributed by atoms with van der Waals surface area (Å²) in [7, 11) is 4.23. The summed E-state index contributed by atoms with van der Waals surface area (Å²) in [5.41, 5.74) is 0. The molecule has 0 aromatic carbocycles. The van der Waals surface area contributed by atoms with Crippen LogP contribution in [0.5, 0.6) is 0 Å². The van der Waals surface area contributed by atoms with Crippen molar-refractivity contribution in [2.45, 2.75) is 63.8 Å². The van der Waals surface area contributed by atoms with Crippen LogP contribution in [0, 0.1) is 5.92 Å².